The Morgan fingerprint density at radius 1 is 1.35 bits per heavy atom. The lowest BCUT2D eigenvalue weighted by atomic mass is 9.90. The van der Waals surface area contributed by atoms with Crippen LogP contribution < -0.4 is 5.32 Å². The van der Waals surface area contributed by atoms with Crippen molar-refractivity contribution in [3.8, 4) is 6.07 Å². The molecule has 1 aromatic carbocycles. The standard InChI is InChI=1S/C14H19BrN2/c1-11-7-12(15)9-13(8-11)17-6-4-5-14(2,3)10-16/h7-9,17H,4-6H2,1-3H3. The van der Waals surface area contributed by atoms with Gasteiger partial charge in [0.1, 0.15) is 0 Å². The largest absolute Gasteiger partial charge is 0.385 e. The Bertz CT molecular complexity index is 398. The zero-order valence-corrected chi connectivity index (χ0v) is 12.3. The van der Waals surface area contributed by atoms with Crippen LogP contribution in [0.3, 0.4) is 0 Å². The summed E-state index contributed by atoms with van der Waals surface area (Å²) in [6, 6.07) is 8.61. The number of benzene rings is 1. The number of aryl methyl sites for hydroxylation is 1. The quantitative estimate of drug-likeness (QED) is 0.812. The second-order valence-corrected chi connectivity index (χ2v) is 5.96. The summed E-state index contributed by atoms with van der Waals surface area (Å²) >= 11 is 3.48. The summed E-state index contributed by atoms with van der Waals surface area (Å²) in [5.74, 6) is 0. The van der Waals surface area contributed by atoms with Crippen molar-refractivity contribution in [3.63, 3.8) is 0 Å². The number of nitriles is 1. The number of hydrogen-bond acceptors (Lipinski definition) is 2. The van der Waals surface area contributed by atoms with E-state index in [1.54, 1.807) is 0 Å². The van der Waals surface area contributed by atoms with Crippen LogP contribution in [0.1, 0.15) is 32.3 Å². The van der Waals surface area contributed by atoms with Crippen LogP contribution in [0.15, 0.2) is 22.7 Å². The van der Waals surface area contributed by atoms with Crippen LogP contribution in [0.2, 0.25) is 0 Å². The predicted molar refractivity (Wildman–Crippen MR) is 76.0 cm³/mol. The summed E-state index contributed by atoms with van der Waals surface area (Å²) in [6.07, 6.45) is 1.93. The van der Waals surface area contributed by atoms with Gasteiger partial charge in [0.05, 0.1) is 11.5 Å². The summed E-state index contributed by atoms with van der Waals surface area (Å²) in [4.78, 5) is 0. The second kappa shape index (κ2) is 6.07. The van der Waals surface area contributed by atoms with Gasteiger partial charge in [0, 0.05) is 16.7 Å². The van der Waals surface area contributed by atoms with E-state index in [4.69, 9.17) is 5.26 Å². The normalized spacial score (nSPS) is 11.0. The molecule has 1 N–H and O–H groups in total. The first-order chi connectivity index (χ1) is 7.93. The van der Waals surface area contributed by atoms with E-state index >= 15 is 0 Å². The number of nitrogens with zero attached hydrogens (tertiary/aromatic N) is 1. The van der Waals surface area contributed by atoms with Gasteiger partial charge in [-0.3, -0.25) is 0 Å². The van der Waals surface area contributed by atoms with Gasteiger partial charge in [0.25, 0.3) is 0 Å². The maximum Gasteiger partial charge on any atom is 0.0683 e. The fraction of sp³-hybridized carbons (Fsp3) is 0.500. The molecule has 0 saturated heterocycles. The average molecular weight is 295 g/mol. The monoisotopic (exact) mass is 294 g/mol. The Labute approximate surface area is 112 Å². The van der Waals surface area contributed by atoms with Crippen molar-refractivity contribution in [2.24, 2.45) is 5.41 Å². The highest BCUT2D eigenvalue weighted by Gasteiger charge is 2.15. The van der Waals surface area contributed by atoms with Crippen LogP contribution in [0, 0.1) is 23.7 Å². The van der Waals surface area contributed by atoms with Gasteiger partial charge < -0.3 is 5.32 Å². The zero-order chi connectivity index (χ0) is 12.9. The molecule has 0 aromatic heterocycles. The number of rotatable bonds is 5. The Balaban J connectivity index is 2.39. The molecule has 1 aromatic rings. The van der Waals surface area contributed by atoms with E-state index in [-0.39, 0.29) is 5.41 Å². The topological polar surface area (TPSA) is 35.8 Å². The first-order valence-electron chi connectivity index (χ1n) is 5.85. The molecular formula is C14H19BrN2. The SMILES string of the molecule is Cc1cc(Br)cc(NCCCC(C)(C)C#N)c1. The Morgan fingerprint density at radius 2 is 2.06 bits per heavy atom. The van der Waals surface area contributed by atoms with Crippen LogP contribution in [-0.2, 0) is 0 Å². The predicted octanol–water partition coefficient (Wildman–Crippen LogP) is 4.50. The van der Waals surface area contributed by atoms with Gasteiger partial charge in [-0.05, 0) is 57.4 Å². The molecule has 0 saturated carbocycles. The van der Waals surface area contributed by atoms with Gasteiger partial charge in [-0.1, -0.05) is 15.9 Å². The van der Waals surface area contributed by atoms with Crippen LogP contribution in [0.5, 0.6) is 0 Å². The number of halogens is 1. The molecule has 0 aliphatic carbocycles. The summed E-state index contributed by atoms with van der Waals surface area (Å²) in [5.41, 5.74) is 2.15. The van der Waals surface area contributed by atoms with E-state index in [2.05, 4.69) is 52.4 Å². The third-order valence-corrected chi connectivity index (χ3v) is 3.11. The van der Waals surface area contributed by atoms with Crippen molar-refractivity contribution < 1.29 is 0 Å². The molecule has 92 valence electrons. The smallest absolute Gasteiger partial charge is 0.0683 e. The molecule has 0 fully saturated rings. The third kappa shape index (κ3) is 5.23. The van der Waals surface area contributed by atoms with Crippen LogP contribution in [0.4, 0.5) is 5.69 Å². The van der Waals surface area contributed by atoms with Crippen molar-refractivity contribution in [2.75, 3.05) is 11.9 Å². The van der Waals surface area contributed by atoms with Crippen LogP contribution >= 0.6 is 15.9 Å². The highest BCUT2D eigenvalue weighted by atomic mass is 79.9. The molecule has 1 rings (SSSR count). The Hall–Kier alpha value is -1.01. The van der Waals surface area contributed by atoms with Gasteiger partial charge >= 0.3 is 0 Å². The van der Waals surface area contributed by atoms with E-state index in [1.165, 1.54) is 5.56 Å². The Morgan fingerprint density at radius 3 is 2.65 bits per heavy atom. The molecule has 0 unspecified atom stereocenters. The molecule has 3 heteroatoms. The summed E-state index contributed by atoms with van der Waals surface area (Å²) in [7, 11) is 0. The van der Waals surface area contributed by atoms with Gasteiger partial charge in [-0.2, -0.15) is 5.26 Å². The third-order valence-electron chi connectivity index (χ3n) is 2.65. The first kappa shape index (κ1) is 14.1. The minimum absolute atomic E-state index is 0.213. The zero-order valence-electron chi connectivity index (χ0n) is 10.7. The second-order valence-electron chi connectivity index (χ2n) is 5.04. The van der Waals surface area contributed by atoms with Gasteiger partial charge in [0.2, 0.25) is 0 Å². The number of hydrogen-bond donors (Lipinski definition) is 1. The molecule has 0 radical (unpaired) electrons. The highest BCUT2D eigenvalue weighted by Crippen LogP contribution is 2.22. The molecule has 0 atom stereocenters. The number of nitrogens with one attached hydrogen (secondary N) is 1. The minimum atomic E-state index is -0.213. The molecule has 0 spiro atoms. The average Bonchev–Trinajstić information content (AvgIpc) is 2.23. The fourth-order valence-corrected chi connectivity index (χ4v) is 2.27. The van der Waals surface area contributed by atoms with Crippen molar-refractivity contribution in [3.05, 3.63) is 28.2 Å². The summed E-state index contributed by atoms with van der Waals surface area (Å²) in [6.45, 7) is 6.95. The number of anilines is 1. The van der Waals surface area contributed by atoms with Crippen molar-refractivity contribution in [2.45, 2.75) is 33.6 Å². The molecule has 0 amide bonds. The molecule has 17 heavy (non-hydrogen) atoms. The van der Waals surface area contributed by atoms with Gasteiger partial charge in [-0.25, -0.2) is 0 Å². The van der Waals surface area contributed by atoms with E-state index in [0.717, 1.165) is 29.5 Å². The van der Waals surface area contributed by atoms with Crippen molar-refractivity contribution in [1.82, 2.24) is 0 Å². The molecule has 0 aliphatic heterocycles. The lowest BCUT2D eigenvalue weighted by Crippen LogP contribution is -2.11. The Kier molecular flexibility index (Phi) is 5.02. The first-order valence-corrected chi connectivity index (χ1v) is 6.64. The molecule has 0 heterocycles. The van der Waals surface area contributed by atoms with Crippen molar-refractivity contribution in [1.29, 1.82) is 5.26 Å². The lowest BCUT2D eigenvalue weighted by Gasteiger charge is -2.15. The van der Waals surface area contributed by atoms with Gasteiger partial charge in [0.15, 0.2) is 0 Å². The van der Waals surface area contributed by atoms with E-state index in [1.807, 2.05) is 13.8 Å². The van der Waals surface area contributed by atoms with E-state index < -0.39 is 0 Å². The van der Waals surface area contributed by atoms with E-state index in [9.17, 15) is 0 Å². The fourth-order valence-electron chi connectivity index (χ4n) is 1.66. The van der Waals surface area contributed by atoms with Crippen LogP contribution in [-0.4, -0.2) is 6.54 Å². The maximum atomic E-state index is 8.91. The van der Waals surface area contributed by atoms with Crippen LogP contribution in [0.25, 0.3) is 0 Å². The van der Waals surface area contributed by atoms with Gasteiger partial charge in [-0.15, -0.1) is 0 Å². The summed E-state index contributed by atoms with van der Waals surface area (Å²) in [5, 5.41) is 12.3. The molecular weight excluding hydrogens is 276 g/mol. The van der Waals surface area contributed by atoms with E-state index in [0.29, 0.717) is 0 Å². The maximum absolute atomic E-state index is 8.91. The molecule has 0 bridgehead atoms. The highest BCUT2D eigenvalue weighted by molar-refractivity contribution is 9.10. The lowest BCUT2D eigenvalue weighted by molar-refractivity contribution is 0.441. The van der Waals surface area contributed by atoms with Crippen molar-refractivity contribution >= 4 is 21.6 Å². The summed E-state index contributed by atoms with van der Waals surface area (Å²) < 4.78 is 1.09. The minimum Gasteiger partial charge on any atom is -0.385 e. The molecule has 2 nitrogen and oxygen atoms in total. The molecule has 0 aliphatic rings.